The SMILES string of the molecule is [C-]#[N+]c1cc(F)cc(Oc2cnc(C(F)(F)F)c3c2C[C@@H](F)[C@H]3O)c1. The number of hydrogen-bond acceptors (Lipinski definition) is 3. The summed E-state index contributed by atoms with van der Waals surface area (Å²) in [5.74, 6) is -1.15. The average molecular weight is 356 g/mol. The quantitative estimate of drug-likeness (QED) is 0.636. The van der Waals surface area contributed by atoms with Crippen LogP contribution < -0.4 is 4.74 Å². The molecular weight excluding hydrogens is 347 g/mol. The van der Waals surface area contributed by atoms with Gasteiger partial charge in [0.15, 0.2) is 11.4 Å². The van der Waals surface area contributed by atoms with Crippen molar-refractivity contribution in [2.24, 2.45) is 0 Å². The van der Waals surface area contributed by atoms with Gasteiger partial charge in [-0.1, -0.05) is 0 Å². The molecule has 130 valence electrons. The van der Waals surface area contributed by atoms with Crippen molar-refractivity contribution >= 4 is 5.69 Å². The van der Waals surface area contributed by atoms with Gasteiger partial charge in [-0.25, -0.2) is 18.6 Å². The molecule has 0 amide bonds. The van der Waals surface area contributed by atoms with Gasteiger partial charge in [0.2, 0.25) is 0 Å². The Morgan fingerprint density at radius 3 is 2.64 bits per heavy atom. The molecule has 3 rings (SSSR count). The summed E-state index contributed by atoms with van der Waals surface area (Å²) < 4.78 is 71.6. The van der Waals surface area contributed by atoms with Gasteiger partial charge in [0, 0.05) is 23.6 Å². The van der Waals surface area contributed by atoms with E-state index in [0.29, 0.717) is 0 Å². The van der Waals surface area contributed by atoms with E-state index in [4.69, 9.17) is 11.3 Å². The highest BCUT2D eigenvalue weighted by Gasteiger charge is 2.44. The van der Waals surface area contributed by atoms with Gasteiger partial charge in [-0.3, -0.25) is 0 Å². The lowest BCUT2D eigenvalue weighted by Crippen LogP contribution is -2.15. The van der Waals surface area contributed by atoms with Crippen LogP contribution in [0.15, 0.2) is 24.4 Å². The largest absolute Gasteiger partial charge is 0.457 e. The van der Waals surface area contributed by atoms with Crippen LogP contribution in [-0.4, -0.2) is 16.3 Å². The molecule has 0 aliphatic heterocycles. The number of pyridine rings is 1. The van der Waals surface area contributed by atoms with Crippen LogP contribution in [0.1, 0.15) is 22.9 Å². The number of ether oxygens (including phenoxy) is 1. The molecule has 0 fully saturated rings. The number of aromatic nitrogens is 1. The minimum absolute atomic E-state index is 0.0741. The molecule has 0 radical (unpaired) electrons. The minimum atomic E-state index is -4.87. The van der Waals surface area contributed by atoms with Gasteiger partial charge in [0.25, 0.3) is 0 Å². The Hall–Kier alpha value is -2.73. The molecule has 0 unspecified atom stereocenters. The van der Waals surface area contributed by atoms with Crippen LogP contribution >= 0.6 is 0 Å². The summed E-state index contributed by atoms with van der Waals surface area (Å²) in [6.07, 6.45) is -8.54. The van der Waals surface area contributed by atoms with Gasteiger partial charge in [-0.2, -0.15) is 13.2 Å². The number of fused-ring (bicyclic) bond motifs is 1. The minimum Gasteiger partial charge on any atom is -0.457 e. The molecule has 1 N–H and O–H groups in total. The summed E-state index contributed by atoms with van der Waals surface area (Å²) >= 11 is 0. The molecule has 1 aliphatic rings. The average Bonchev–Trinajstić information content (AvgIpc) is 2.82. The van der Waals surface area contributed by atoms with E-state index < -0.39 is 41.9 Å². The zero-order valence-electron chi connectivity index (χ0n) is 12.3. The second kappa shape index (κ2) is 5.97. The fourth-order valence-corrected chi connectivity index (χ4v) is 2.68. The zero-order valence-corrected chi connectivity index (χ0v) is 12.3. The number of rotatable bonds is 2. The summed E-state index contributed by atoms with van der Waals surface area (Å²) in [6.45, 7) is 6.87. The highest BCUT2D eigenvalue weighted by atomic mass is 19.4. The highest BCUT2D eigenvalue weighted by molar-refractivity contribution is 5.53. The number of aliphatic hydroxyl groups is 1. The maximum atomic E-state index is 13.8. The Morgan fingerprint density at radius 2 is 2.00 bits per heavy atom. The third kappa shape index (κ3) is 3.13. The Kier molecular flexibility index (Phi) is 4.08. The lowest BCUT2D eigenvalue weighted by Gasteiger charge is -2.16. The topological polar surface area (TPSA) is 46.7 Å². The lowest BCUT2D eigenvalue weighted by atomic mass is 10.1. The molecule has 0 saturated carbocycles. The van der Waals surface area contributed by atoms with Crippen LogP contribution in [0.4, 0.5) is 27.6 Å². The van der Waals surface area contributed by atoms with Crippen LogP contribution in [0.3, 0.4) is 0 Å². The molecule has 0 spiro atoms. The first-order valence-corrected chi connectivity index (χ1v) is 6.97. The molecule has 1 aliphatic carbocycles. The van der Waals surface area contributed by atoms with Crippen molar-refractivity contribution in [1.29, 1.82) is 0 Å². The van der Waals surface area contributed by atoms with E-state index >= 15 is 0 Å². The van der Waals surface area contributed by atoms with Crippen LogP contribution in [0.5, 0.6) is 11.5 Å². The predicted octanol–water partition coefficient (Wildman–Crippen LogP) is 4.51. The number of benzene rings is 1. The molecule has 0 bridgehead atoms. The molecule has 1 aromatic heterocycles. The Bertz CT molecular complexity index is 876. The van der Waals surface area contributed by atoms with Gasteiger partial charge in [0.05, 0.1) is 12.8 Å². The summed E-state index contributed by atoms with van der Waals surface area (Å²) in [6, 6.07) is 3.06. The predicted molar refractivity (Wildman–Crippen MR) is 75.5 cm³/mol. The molecule has 0 saturated heterocycles. The Morgan fingerprint density at radius 1 is 1.28 bits per heavy atom. The maximum Gasteiger partial charge on any atom is 0.433 e. The van der Waals surface area contributed by atoms with E-state index in [-0.39, 0.29) is 22.7 Å². The van der Waals surface area contributed by atoms with Crippen molar-refractivity contribution in [3.63, 3.8) is 0 Å². The van der Waals surface area contributed by atoms with E-state index in [0.717, 1.165) is 18.3 Å². The second-order valence-electron chi connectivity index (χ2n) is 5.38. The summed E-state index contributed by atoms with van der Waals surface area (Å²) in [5, 5.41) is 9.74. The van der Waals surface area contributed by atoms with Gasteiger partial charge >= 0.3 is 6.18 Å². The third-order valence-electron chi connectivity index (χ3n) is 3.71. The number of aliphatic hydroxyl groups excluding tert-OH is 1. The normalized spacial score (nSPS) is 19.4. The molecule has 2 aromatic rings. The molecule has 2 atom stereocenters. The lowest BCUT2D eigenvalue weighted by molar-refractivity contribution is -0.143. The van der Waals surface area contributed by atoms with E-state index in [1.807, 2.05) is 0 Å². The first kappa shape index (κ1) is 17.1. The van der Waals surface area contributed by atoms with E-state index in [9.17, 15) is 27.1 Å². The third-order valence-corrected chi connectivity index (χ3v) is 3.71. The number of hydrogen-bond donors (Lipinski definition) is 1. The van der Waals surface area contributed by atoms with Crippen molar-refractivity contribution < 1.29 is 31.8 Å². The monoisotopic (exact) mass is 356 g/mol. The van der Waals surface area contributed by atoms with Crippen molar-refractivity contribution in [3.8, 4) is 11.5 Å². The summed E-state index contributed by atoms with van der Waals surface area (Å²) in [4.78, 5) is 6.28. The molecule has 9 heteroatoms. The van der Waals surface area contributed by atoms with Crippen LogP contribution in [-0.2, 0) is 12.6 Å². The second-order valence-corrected chi connectivity index (χ2v) is 5.38. The maximum absolute atomic E-state index is 13.8. The molecule has 4 nitrogen and oxygen atoms in total. The van der Waals surface area contributed by atoms with E-state index in [1.165, 1.54) is 6.07 Å². The Labute approximate surface area is 138 Å². The van der Waals surface area contributed by atoms with Gasteiger partial charge in [-0.15, -0.1) is 0 Å². The fourth-order valence-electron chi connectivity index (χ4n) is 2.68. The zero-order chi connectivity index (χ0) is 18.4. The number of halogens is 5. The molecule has 25 heavy (non-hydrogen) atoms. The van der Waals surface area contributed by atoms with Gasteiger partial charge in [0.1, 0.15) is 29.6 Å². The summed E-state index contributed by atoms with van der Waals surface area (Å²) in [5.41, 5.74) is -2.33. The highest BCUT2D eigenvalue weighted by Crippen LogP contribution is 2.45. The molecule has 1 heterocycles. The van der Waals surface area contributed by atoms with Crippen molar-refractivity contribution in [2.75, 3.05) is 0 Å². The molecule has 1 aromatic carbocycles. The Balaban J connectivity index is 2.08. The first-order valence-electron chi connectivity index (χ1n) is 6.97. The summed E-state index contributed by atoms with van der Waals surface area (Å²) in [7, 11) is 0. The first-order chi connectivity index (χ1) is 11.7. The number of nitrogens with zero attached hydrogens (tertiary/aromatic N) is 2. The number of alkyl halides is 4. The standard InChI is InChI=1S/C16H9F5N2O2/c1-22-8-2-7(17)3-9(4-8)25-12-6-23-15(16(19,20)21)13-10(12)5-11(18)14(13)24/h2-4,6,11,14,24H,5H2/t11-,14-/m1/s1. The van der Waals surface area contributed by atoms with Gasteiger partial charge < -0.3 is 9.84 Å². The molecular formula is C16H9F5N2O2. The van der Waals surface area contributed by atoms with Crippen LogP contribution in [0, 0.1) is 12.4 Å². The smallest absolute Gasteiger partial charge is 0.433 e. The van der Waals surface area contributed by atoms with Crippen LogP contribution in [0.25, 0.3) is 4.85 Å². The fraction of sp³-hybridized carbons (Fsp3) is 0.250. The van der Waals surface area contributed by atoms with Crippen LogP contribution in [0.2, 0.25) is 0 Å². The van der Waals surface area contributed by atoms with E-state index in [2.05, 4.69) is 9.83 Å². The van der Waals surface area contributed by atoms with Crippen molar-refractivity contribution in [1.82, 2.24) is 4.98 Å². The van der Waals surface area contributed by atoms with Crippen molar-refractivity contribution in [2.45, 2.75) is 24.9 Å². The van der Waals surface area contributed by atoms with E-state index in [1.54, 1.807) is 0 Å². The van der Waals surface area contributed by atoms with Gasteiger partial charge in [-0.05, 0) is 12.1 Å². The van der Waals surface area contributed by atoms with Crippen molar-refractivity contribution in [3.05, 3.63) is 58.5 Å².